The van der Waals surface area contributed by atoms with Crippen LogP contribution in [0.3, 0.4) is 0 Å². The minimum atomic E-state index is -0.256. The van der Waals surface area contributed by atoms with Crippen molar-refractivity contribution >= 4 is 23.6 Å². The number of nitrogens with zero attached hydrogens (tertiary/aromatic N) is 2. The van der Waals surface area contributed by atoms with Crippen LogP contribution in [0.5, 0.6) is 5.75 Å². The van der Waals surface area contributed by atoms with E-state index < -0.39 is 0 Å². The van der Waals surface area contributed by atoms with Gasteiger partial charge in [0.1, 0.15) is 5.75 Å². The standard InChI is InChI=1S/C17H16N4O2S/c1-23-14-6-4-3-5-13(14)15-18-17(21-20-15)19-16(22)11-7-9-12(24-2)10-8-11/h3-10H,1-2H3,(H2,18,19,20,21,22). The number of H-pyrrole nitrogens is 1. The van der Waals surface area contributed by atoms with Crippen molar-refractivity contribution in [2.45, 2.75) is 4.90 Å². The number of hydrogen-bond acceptors (Lipinski definition) is 5. The molecule has 0 aliphatic rings. The number of aromatic amines is 1. The zero-order valence-corrected chi connectivity index (χ0v) is 14.1. The molecule has 7 heteroatoms. The van der Waals surface area contributed by atoms with Gasteiger partial charge in [-0.15, -0.1) is 16.9 Å². The highest BCUT2D eigenvalue weighted by molar-refractivity contribution is 7.98. The number of carbonyl (C=O) groups excluding carboxylic acids is 1. The van der Waals surface area contributed by atoms with Crippen molar-refractivity contribution in [2.75, 3.05) is 18.7 Å². The van der Waals surface area contributed by atoms with Gasteiger partial charge in [-0.25, -0.2) is 0 Å². The number of thioether (sulfide) groups is 1. The maximum Gasteiger partial charge on any atom is 0.258 e. The summed E-state index contributed by atoms with van der Waals surface area (Å²) in [7, 11) is 1.59. The molecule has 122 valence electrons. The lowest BCUT2D eigenvalue weighted by Gasteiger charge is -2.04. The number of hydrogen-bond donors (Lipinski definition) is 2. The second-order valence-corrected chi connectivity index (χ2v) is 5.77. The summed E-state index contributed by atoms with van der Waals surface area (Å²) >= 11 is 1.62. The Morgan fingerprint density at radius 1 is 1.17 bits per heavy atom. The van der Waals surface area contributed by atoms with Gasteiger partial charge in [-0.05, 0) is 42.7 Å². The van der Waals surface area contributed by atoms with Crippen molar-refractivity contribution in [3.63, 3.8) is 0 Å². The first-order valence-corrected chi connectivity index (χ1v) is 8.45. The summed E-state index contributed by atoms with van der Waals surface area (Å²) in [6.07, 6.45) is 1.99. The van der Waals surface area contributed by atoms with Crippen LogP contribution in [0.1, 0.15) is 10.4 Å². The number of para-hydroxylation sites is 1. The van der Waals surface area contributed by atoms with Crippen LogP contribution in [-0.2, 0) is 0 Å². The molecule has 0 bridgehead atoms. The fourth-order valence-electron chi connectivity index (χ4n) is 2.19. The number of ether oxygens (including phenoxy) is 1. The van der Waals surface area contributed by atoms with E-state index in [1.54, 1.807) is 31.0 Å². The van der Waals surface area contributed by atoms with E-state index in [1.165, 1.54) is 0 Å². The van der Waals surface area contributed by atoms with Gasteiger partial charge in [-0.3, -0.25) is 15.2 Å². The zero-order chi connectivity index (χ0) is 16.9. The summed E-state index contributed by atoms with van der Waals surface area (Å²) in [6, 6.07) is 14.8. The number of rotatable bonds is 5. The zero-order valence-electron chi connectivity index (χ0n) is 13.2. The summed E-state index contributed by atoms with van der Waals surface area (Å²) in [5.41, 5.74) is 1.33. The summed E-state index contributed by atoms with van der Waals surface area (Å²) < 4.78 is 5.30. The molecule has 0 aliphatic carbocycles. The van der Waals surface area contributed by atoms with E-state index in [1.807, 2.05) is 42.7 Å². The van der Waals surface area contributed by atoms with Crippen LogP contribution in [0.15, 0.2) is 53.4 Å². The summed E-state index contributed by atoms with van der Waals surface area (Å²) in [4.78, 5) is 17.7. The fourth-order valence-corrected chi connectivity index (χ4v) is 2.60. The van der Waals surface area contributed by atoms with Gasteiger partial charge in [0, 0.05) is 10.5 Å². The van der Waals surface area contributed by atoms with Crippen LogP contribution >= 0.6 is 11.8 Å². The van der Waals surface area contributed by atoms with Gasteiger partial charge in [0.05, 0.1) is 12.7 Å². The Kier molecular flexibility index (Phi) is 4.81. The lowest BCUT2D eigenvalue weighted by molar-refractivity contribution is 0.102. The Morgan fingerprint density at radius 2 is 1.92 bits per heavy atom. The smallest absolute Gasteiger partial charge is 0.258 e. The van der Waals surface area contributed by atoms with Gasteiger partial charge in [0.2, 0.25) is 5.95 Å². The third-order valence-corrected chi connectivity index (χ3v) is 4.17. The Morgan fingerprint density at radius 3 is 2.62 bits per heavy atom. The Bertz CT molecular complexity index is 846. The Balaban J connectivity index is 1.77. The molecule has 2 N–H and O–H groups in total. The van der Waals surface area contributed by atoms with Crippen molar-refractivity contribution in [1.29, 1.82) is 0 Å². The lowest BCUT2D eigenvalue weighted by atomic mass is 10.2. The van der Waals surface area contributed by atoms with E-state index in [2.05, 4.69) is 20.5 Å². The molecule has 1 heterocycles. The molecular weight excluding hydrogens is 324 g/mol. The largest absolute Gasteiger partial charge is 0.496 e. The molecule has 2 aromatic carbocycles. The predicted molar refractivity (Wildman–Crippen MR) is 94.5 cm³/mol. The van der Waals surface area contributed by atoms with Crippen molar-refractivity contribution in [3.8, 4) is 17.1 Å². The van der Waals surface area contributed by atoms with Gasteiger partial charge in [0.15, 0.2) is 5.82 Å². The molecule has 0 fully saturated rings. The minimum absolute atomic E-state index is 0.217. The number of aromatic nitrogens is 3. The van der Waals surface area contributed by atoms with Gasteiger partial charge < -0.3 is 4.74 Å². The first-order valence-electron chi connectivity index (χ1n) is 7.22. The summed E-state index contributed by atoms with van der Waals surface area (Å²) in [5.74, 6) is 1.17. The number of anilines is 1. The maximum absolute atomic E-state index is 12.2. The molecular formula is C17H16N4O2S. The van der Waals surface area contributed by atoms with Crippen LogP contribution in [-0.4, -0.2) is 34.5 Å². The quantitative estimate of drug-likeness (QED) is 0.695. The van der Waals surface area contributed by atoms with Crippen LogP contribution in [0, 0.1) is 0 Å². The fraction of sp³-hybridized carbons (Fsp3) is 0.118. The highest BCUT2D eigenvalue weighted by atomic mass is 32.2. The number of benzene rings is 2. The molecule has 0 atom stereocenters. The van der Waals surface area contributed by atoms with E-state index in [9.17, 15) is 4.79 Å². The highest BCUT2D eigenvalue weighted by Gasteiger charge is 2.13. The van der Waals surface area contributed by atoms with Gasteiger partial charge >= 0.3 is 0 Å². The van der Waals surface area contributed by atoms with E-state index in [4.69, 9.17) is 4.74 Å². The van der Waals surface area contributed by atoms with E-state index in [0.29, 0.717) is 17.1 Å². The molecule has 0 radical (unpaired) electrons. The molecule has 0 unspecified atom stereocenters. The highest BCUT2D eigenvalue weighted by Crippen LogP contribution is 2.27. The minimum Gasteiger partial charge on any atom is -0.496 e. The van der Waals surface area contributed by atoms with Crippen LogP contribution in [0.2, 0.25) is 0 Å². The predicted octanol–water partition coefficient (Wildman–Crippen LogP) is 3.45. The van der Waals surface area contributed by atoms with E-state index in [-0.39, 0.29) is 11.9 Å². The number of amides is 1. The van der Waals surface area contributed by atoms with Crippen molar-refractivity contribution in [2.24, 2.45) is 0 Å². The molecule has 0 aliphatic heterocycles. The lowest BCUT2D eigenvalue weighted by Crippen LogP contribution is -2.12. The maximum atomic E-state index is 12.2. The monoisotopic (exact) mass is 340 g/mol. The Labute approximate surface area is 143 Å². The molecule has 3 aromatic rings. The van der Waals surface area contributed by atoms with Crippen LogP contribution < -0.4 is 10.1 Å². The molecule has 3 rings (SSSR count). The van der Waals surface area contributed by atoms with Crippen LogP contribution in [0.25, 0.3) is 11.4 Å². The second kappa shape index (κ2) is 7.18. The second-order valence-electron chi connectivity index (χ2n) is 4.89. The molecule has 0 spiro atoms. The number of nitrogens with one attached hydrogen (secondary N) is 2. The normalized spacial score (nSPS) is 10.4. The van der Waals surface area contributed by atoms with Crippen molar-refractivity contribution in [3.05, 3.63) is 54.1 Å². The molecule has 1 aromatic heterocycles. The third-order valence-electron chi connectivity index (χ3n) is 3.43. The number of methoxy groups -OCH3 is 1. The van der Waals surface area contributed by atoms with Crippen LogP contribution in [0.4, 0.5) is 5.95 Å². The summed E-state index contributed by atoms with van der Waals surface area (Å²) in [5, 5.41) is 9.54. The average Bonchev–Trinajstić information content (AvgIpc) is 3.10. The first-order chi connectivity index (χ1) is 11.7. The van der Waals surface area contributed by atoms with E-state index >= 15 is 0 Å². The average molecular weight is 340 g/mol. The SMILES string of the molecule is COc1ccccc1-c1nc(NC(=O)c2ccc(SC)cc2)n[nH]1. The summed E-state index contributed by atoms with van der Waals surface area (Å²) in [6.45, 7) is 0. The molecule has 0 saturated carbocycles. The van der Waals surface area contributed by atoms with Crippen molar-refractivity contribution < 1.29 is 9.53 Å². The third kappa shape index (κ3) is 3.41. The van der Waals surface area contributed by atoms with Crippen molar-refractivity contribution in [1.82, 2.24) is 15.2 Å². The number of carbonyl (C=O) groups is 1. The van der Waals surface area contributed by atoms with Gasteiger partial charge in [0.25, 0.3) is 5.91 Å². The molecule has 6 nitrogen and oxygen atoms in total. The topological polar surface area (TPSA) is 79.9 Å². The van der Waals surface area contributed by atoms with E-state index in [0.717, 1.165) is 10.5 Å². The van der Waals surface area contributed by atoms with Gasteiger partial charge in [-0.2, -0.15) is 4.98 Å². The molecule has 1 amide bonds. The molecule has 24 heavy (non-hydrogen) atoms. The van der Waals surface area contributed by atoms with Gasteiger partial charge in [-0.1, -0.05) is 12.1 Å². The first kappa shape index (κ1) is 16.1. The molecule has 0 saturated heterocycles. The Hall–Kier alpha value is -2.80.